The summed E-state index contributed by atoms with van der Waals surface area (Å²) in [4.78, 5) is 21.2. The molecule has 3 nitrogen and oxygen atoms in total. The molecule has 0 aliphatic carbocycles. The van der Waals surface area contributed by atoms with E-state index in [1.165, 1.54) is 6.92 Å². The molecule has 0 saturated heterocycles. The standard InChI is InChI=1S/C8H14O3S/c1-3-12-5-7(8(10)11)4-6(2)9/h7H,3-5H2,1-2H3,(H,10,11)/t7-/m1/s1. The van der Waals surface area contributed by atoms with E-state index in [4.69, 9.17) is 5.11 Å². The van der Waals surface area contributed by atoms with Crippen molar-refractivity contribution in [2.24, 2.45) is 5.92 Å². The molecule has 0 aromatic rings. The molecule has 0 heterocycles. The van der Waals surface area contributed by atoms with E-state index < -0.39 is 11.9 Å². The highest BCUT2D eigenvalue weighted by molar-refractivity contribution is 7.99. The molecule has 0 fully saturated rings. The van der Waals surface area contributed by atoms with Gasteiger partial charge >= 0.3 is 5.97 Å². The number of carboxylic acid groups (broad SMARTS) is 1. The van der Waals surface area contributed by atoms with E-state index in [1.807, 2.05) is 6.92 Å². The Morgan fingerprint density at radius 2 is 2.08 bits per heavy atom. The highest BCUT2D eigenvalue weighted by Crippen LogP contribution is 2.12. The maximum atomic E-state index is 10.6. The van der Waals surface area contributed by atoms with E-state index in [0.717, 1.165) is 5.75 Å². The zero-order valence-corrected chi connectivity index (χ0v) is 8.19. The van der Waals surface area contributed by atoms with E-state index in [9.17, 15) is 9.59 Å². The molecule has 4 heteroatoms. The summed E-state index contributed by atoms with van der Waals surface area (Å²) in [6.07, 6.45) is 0.155. The first-order valence-electron chi connectivity index (χ1n) is 3.88. The third-order valence-corrected chi connectivity index (χ3v) is 2.45. The fraction of sp³-hybridized carbons (Fsp3) is 0.750. The molecule has 0 aliphatic heterocycles. The Labute approximate surface area is 76.5 Å². The van der Waals surface area contributed by atoms with Crippen LogP contribution in [0.5, 0.6) is 0 Å². The topological polar surface area (TPSA) is 54.4 Å². The van der Waals surface area contributed by atoms with Crippen molar-refractivity contribution in [3.8, 4) is 0 Å². The summed E-state index contributed by atoms with van der Waals surface area (Å²) < 4.78 is 0. The van der Waals surface area contributed by atoms with Gasteiger partial charge in [-0.3, -0.25) is 4.79 Å². The Bertz CT molecular complexity index is 168. The maximum Gasteiger partial charge on any atom is 0.307 e. The molecule has 0 aliphatic rings. The maximum absolute atomic E-state index is 10.6. The third-order valence-electron chi connectivity index (χ3n) is 1.41. The zero-order chi connectivity index (χ0) is 9.56. The van der Waals surface area contributed by atoms with Crippen LogP contribution in [0.4, 0.5) is 0 Å². The zero-order valence-electron chi connectivity index (χ0n) is 7.37. The SMILES string of the molecule is CCSC[C@@H](CC(C)=O)C(=O)O. The molecular weight excluding hydrogens is 176 g/mol. The van der Waals surface area contributed by atoms with Crippen molar-refractivity contribution in [3.63, 3.8) is 0 Å². The number of thioether (sulfide) groups is 1. The Balaban J connectivity index is 3.87. The number of carboxylic acids is 1. The molecule has 0 aromatic carbocycles. The second-order valence-electron chi connectivity index (χ2n) is 2.60. The van der Waals surface area contributed by atoms with Gasteiger partial charge in [-0.1, -0.05) is 6.92 Å². The van der Waals surface area contributed by atoms with Gasteiger partial charge in [0.2, 0.25) is 0 Å². The number of hydrogen-bond donors (Lipinski definition) is 1. The van der Waals surface area contributed by atoms with Crippen LogP contribution in [-0.4, -0.2) is 28.4 Å². The van der Waals surface area contributed by atoms with Crippen molar-refractivity contribution < 1.29 is 14.7 Å². The Hall–Kier alpha value is -0.510. The predicted octanol–water partition coefficient (Wildman–Crippen LogP) is 1.42. The number of Topliss-reactive ketones (excluding diaryl/α,β-unsaturated/α-hetero) is 1. The normalized spacial score (nSPS) is 12.5. The van der Waals surface area contributed by atoms with E-state index in [1.54, 1.807) is 11.8 Å². The number of carbonyl (C=O) groups is 2. The van der Waals surface area contributed by atoms with Crippen LogP contribution in [-0.2, 0) is 9.59 Å². The van der Waals surface area contributed by atoms with Gasteiger partial charge in [0.25, 0.3) is 0 Å². The van der Waals surface area contributed by atoms with Crippen LogP contribution >= 0.6 is 11.8 Å². The summed E-state index contributed by atoms with van der Waals surface area (Å²) in [6, 6.07) is 0. The van der Waals surface area contributed by atoms with Crippen LogP contribution in [0.25, 0.3) is 0 Å². The van der Waals surface area contributed by atoms with E-state index in [0.29, 0.717) is 5.75 Å². The molecule has 12 heavy (non-hydrogen) atoms. The average Bonchev–Trinajstić information content (AvgIpc) is 1.96. The number of carbonyl (C=O) groups excluding carboxylic acids is 1. The number of rotatable bonds is 6. The van der Waals surface area contributed by atoms with Crippen LogP contribution in [0.2, 0.25) is 0 Å². The minimum atomic E-state index is -0.869. The van der Waals surface area contributed by atoms with Crippen molar-refractivity contribution in [1.29, 1.82) is 0 Å². The van der Waals surface area contributed by atoms with Gasteiger partial charge in [0.05, 0.1) is 5.92 Å². The molecule has 0 spiro atoms. The minimum Gasteiger partial charge on any atom is -0.481 e. The molecule has 0 bridgehead atoms. The lowest BCUT2D eigenvalue weighted by Gasteiger charge is -2.08. The van der Waals surface area contributed by atoms with Crippen LogP contribution in [0.3, 0.4) is 0 Å². The van der Waals surface area contributed by atoms with E-state index >= 15 is 0 Å². The lowest BCUT2D eigenvalue weighted by molar-refractivity contribution is -0.142. The summed E-state index contributed by atoms with van der Waals surface area (Å²) in [5.74, 6) is -0.00897. The summed E-state index contributed by atoms with van der Waals surface area (Å²) >= 11 is 1.55. The summed E-state index contributed by atoms with van der Waals surface area (Å²) in [5, 5.41) is 8.68. The van der Waals surface area contributed by atoms with Crippen molar-refractivity contribution in [1.82, 2.24) is 0 Å². The highest BCUT2D eigenvalue weighted by Gasteiger charge is 2.18. The van der Waals surface area contributed by atoms with Gasteiger partial charge < -0.3 is 9.90 Å². The lowest BCUT2D eigenvalue weighted by atomic mass is 10.1. The molecule has 1 atom stereocenters. The molecular formula is C8H14O3S. The van der Waals surface area contributed by atoms with Gasteiger partial charge in [0.15, 0.2) is 0 Å². The first-order chi connectivity index (χ1) is 5.57. The van der Waals surface area contributed by atoms with Gasteiger partial charge in [0.1, 0.15) is 5.78 Å². The predicted molar refractivity (Wildman–Crippen MR) is 49.4 cm³/mol. The largest absolute Gasteiger partial charge is 0.481 e. The van der Waals surface area contributed by atoms with Crippen molar-refractivity contribution in [3.05, 3.63) is 0 Å². The van der Waals surface area contributed by atoms with Crippen molar-refractivity contribution in [2.75, 3.05) is 11.5 Å². The first-order valence-corrected chi connectivity index (χ1v) is 5.03. The summed E-state index contributed by atoms with van der Waals surface area (Å²) in [6.45, 7) is 3.39. The minimum absolute atomic E-state index is 0.0564. The molecule has 0 saturated carbocycles. The first kappa shape index (κ1) is 11.5. The van der Waals surface area contributed by atoms with Gasteiger partial charge in [-0.2, -0.15) is 11.8 Å². The summed E-state index contributed by atoms with van der Waals surface area (Å²) in [5.41, 5.74) is 0. The van der Waals surface area contributed by atoms with E-state index in [-0.39, 0.29) is 12.2 Å². The van der Waals surface area contributed by atoms with Crippen LogP contribution in [0.1, 0.15) is 20.3 Å². The smallest absolute Gasteiger partial charge is 0.307 e. The number of hydrogen-bond acceptors (Lipinski definition) is 3. The molecule has 0 amide bonds. The van der Waals surface area contributed by atoms with Crippen LogP contribution in [0, 0.1) is 5.92 Å². The fourth-order valence-electron chi connectivity index (χ4n) is 0.825. The van der Waals surface area contributed by atoms with Crippen LogP contribution < -0.4 is 0 Å². The highest BCUT2D eigenvalue weighted by atomic mass is 32.2. The number of aliphatic carboxylic acids is 1. The monoisotopic (exact) mass is 190 g/mol. The van der Waals surface area contributed by atoms with Crippen molar-refractivity contribution in [2.45, 2.75) is 20.3 Å². The Kier molecular flexibility index (Phi) is 5.80. The molecule has 0 unspecified atom stereocenters. The summed E-state index contributed by atoms with van der Waals surface area (Å²) in [7, 11) is 0. The fourth-order valence-corrected chi connectivity index (χ4v) is 1.61. The molecule has 70 valence electrons. The number of ketones is 1. The molecule has 0 radical (unpaired) electrons. The molecule has 1 N–H and O–H groups in total. The van der Waals surface area contributed by atoms with Gasteiger partial charge in [-0.25, -0.2) is 0 Å². The molecule has 0 aromatic heterocycles. The average molecular weight is 190 g/mol. The van der Waals surface area contributed by atoms with Gasteiger partial charge in [-0.15, -0.1) is 0 Å². The Morgan fingerprint density at radius 1 is 1.50 bits per heavy atom. The van der Waals surface area contributed by atoms with Gasteiger partial charge in [-0.05, 0) is 12.7 Å². The molecule has 0 rings (SSSR count). The lowest BCUT2D eigenvalue weighted by Crippen LogP contribution is -2.19. The second-order valence-corrected chi connectivity index (χ2v) is 3.92. The quantitative estimate of drug-likeness (QED) is 0.688. The van der Waals surface area contributed by atoms with Crippen molar-refractivity contribution >= 4 is 23.5 Å². The van der Waals surface area contributed by atoms with E-state index in [2.05, 4.69) is 0 Å². The van der Waals surface area contributed by atoms with Gasteiger partial charge in [0, 0.05) is 12.2 Å². The Morgan fingerprint density at radius 3 is 2.42 bits per heavy atom. The van der Waals surface area contributed by atoms with Crippen LogP contribution in [0.15, 0.2) is 0 Å². The second kappa shape index (κ2) is 6.06. The third kappa shape index (κ3) is 5.18.